The van der Waals surface area contributed by atoms with E-state index in [0.29, 0.717) is 11.8 Å². The molecule has 1 heterocycles. The van der Waals surface area contributed by atoms with Gasteiger partial charge in [-0.3, -0.25) is 0 Å². The second-order valence-electron chi connectivity index (χ2n) is 4.68. The number of fused-ring (bicyclic) bond motifs is 1. The summed E-state index contributed by atoms with van der Waals surface area (Å²) in [4.78, 5) is 0. The van der Waals surface area contributed by atoms with E-state index in [1.54, 1.807) is 0 Å². The first-order valence-electron chi connectivity index (χ1n) is 5.92. The van der Waals surface area contributed by atoms with Gasteiger partial charge in [0, 0.05) is 11.6 Å². The minimum atomic E-state index is 0.385. The summed E-state index contributed by atoms with van der Waals surface area (Å²) in [6.07, 6.45) is 5.96. The van der Waals surface area contributed by atoms with Gasteiger partial charge in [-0.15, -0.1) is 0 Å². The topological polar surface area (TPSA) is 32.3 Å². The minimum Gasteiger partial charge on any atom is -0.508 e. The first kappa shape index (κ1) is 9.22. The van der Waals surface area contributed by atoms with E-state index in [4.69, 9.17) is 0 Å². The molecule has 1 atom stereocenters. The third-order valence-corrected chi connectivity index (χ3v) is 3.68. The lowest BCUT2D eigenvalue weighted by atomic mass is 9.99. The Morgan fingerprint density at radius 1 is 1.13 bits per heavy atom. The molecule has 0 amide bonds. The maximum absolute atomic E-state index is 10.00. The van der Waals surface area contributed by atoms with Crippen molar-refractivity contribution in [1.82, 2.24) is 5.32 Å². The van der Waals surface area contributed by atoms with Crippen molar-refractivity contribution < 1.29 is 5.11 Å². The van der Waals surface area contributed by atoms with Crippen LogP contribution in [0.3, 0.4) is 0 Å². The smallest absolute Gasteiger partial charge is 0.120 e. The van der Waals surface area contributed by atoms with Crippen LogP contribution in [0.2, 0.25) is 0 Å². The molecule has 3 rings (SSSR count). The van der Waals surface area contributed by atoms with Gasteiger partial charge in [0.25, 0.3) is 0 Å². The highest BCUT2D eigenvalue weighted by Crippen LogP contribution is 2.35. The Labute approximate surface area is 90.3 Å². The second kappa shape index (κ2) is 3.53. The molecule has 15 heavy (non-hydrogen) atoms. The van der Waals surface area contributed by atoms with E-state index in [2.05, 4.69) is 11.4 Å². The number of aryl methyl sites for hydroxylation is 2. The molecule has 80 valence electrons. The first-order chi connectivity index (χ1) is 7.34. The molecule has 0 bridgehead atoms. The van der Waals surface area contributed by atoms with E-state index >= 15 is 0 Å². The SMILES string of the molecule is Oc1cc2c(cc1C1CCCN1)CCC2. The molecule has 1 saturated heterocycles. The second-order valence-corrected chi connectivity index (χ2v) is 4.68. The summed E-state index contributed by atoms with van der Waals surface area (Å²) in [5, 5.41) is 13.4. The highest BCUT2D eigenvalue weighted by molar-refractivity contribution is 5.45. The van der Waals surface area contributed by atoms with Gasteiger partial charge in [-0.25, -0.2) is 0 Å². The molecule has 0 spiro atoms. The van der Waals surface area contributed by atoms with Crippen LogP contribution in [-0.4, -0.2) is 11.7 Å². The van der Waals surface area contributed by atoms with Gasteiger partial charge in [-0.05, 0) is 55.8 Å². The molecular weight excluding hydrogens is 186 g/mol. The van der Waals surface area contributed by atoms with Gasteiger partial charge in [0.05, 0.1) is 0 Å². The van der Waals surface area contributed by atoms with Crippen LogP contribution < -0.4 is 5.32 Å². The molecule has 1 aromatic rings. The number of phenols is 1. The number of aromatic hydroxyl groups is 1. The first-order valence-corrected chi connectivity index (χ1v) is 5.92. The Hall–Kier alpha value is -1.02. The molecule has 1 aromatic carbocycles. The van der Waals surface area contributed by atoms with Gasteiger partial charge < -0.3 is 10.4 Å². The van der Waals surface area contributed by atoms with Crippen molar-refractivity contribution in [2.75, 3.05) is 6.54 Å². The summed E-state index contributed by atoms with van der Waals surface area (Å²) in [6, 6.07) is 4.59. The van der Waals surface area contributed by atoms with Crippen molar-refractivity contribution in [2.24, 2.45) is 0 Å². The molecule has 2 N–H and O–H groups in total. The van der Waals surface area contributed by atoms with Crippen molar-refractivity contribution >= 4 is 0 Å². The number of hydrogen-bond acceptors (Lipinski definition) is 2. The Balaban J connectivity index is 2.00. The molecule has 0 saturated carbocycles. The van der Waals surface area contributed by atoms with Gasteiger partial charge in [-0.1, -0.05) is 6.07 Å². The summed E-state index contributed by atoms with van der Waals surface area (Å²) in [5.74, 6) is 0.495. The lowest BCUT2D eigenvalue weighted by Crippen LogP contribution is -2.13. The number of nitrogens with one attached hydrogen (secondary N) is 1. The Kier molecular flexibility index (Phi) is 2.17. The average molecular weight is 203 g/mol. The van der Waals surface area contributed by atoms with E-state index in [1.807, 2.05) is 6.07 Å². The van der Waals surface area contributed by atoms with E-state index < -0.39 is 0 Å². The van der Waals surface area contributed by atoms with Crippen LogP contribution in [0.4, 0.5) is 0 Å². The van der Waals surface area contributed by atoms with Gasteiger partial charge in [-0.2, -0.15) is 0 Å². The normalized spacial score (nSPS) is 24.4. The van der Waals surface area contributed by atoms with Crippen LogP contribution in [0, 0.1) is 0 Å². The van der Waals surface area contributed by atoms with Crippen molar-refractivity contribution in [3.05, 3.63) is 28.8 Å². The third kappa shape index (κ3) is 1.53. The lowest BCUT2D eigenvalue weighted by Gasteiger charge is -2.14. The van der Waals surface area contributed by atoms with E-state index in [0.717, 1.165) is 24.9 Å². The fraction of sp³-hybridized carbons (Fsp3) is 0.538. The predicted molar refractivity (Wildman–Crippen MR) is 60.1 cm³/mol. The van der Waals surface area contributed by atoms with E-state index in [1.165, 1.54) is 30.4 Å². The quantitative estimate of drug-likeness (QED) is 0.734. The Morgan fingerprint density at radius 3 is 2.67 bits per heavy atom. The van der Waals surface area contributed by atoms with Gasteiger partial charge >= 0.3 is 0 Å². The molecule has 2 nitrogen and oxygen atoms in total. The molecule has 0 aromatic heterocycles. The molecule has 1 aliphatic carbocycles. The van der Waals surface area contributed by atoms with Crippen LogP contribution >= 0.6 is 0 Å². The van der Waals surface area contributed by atoms with Crippen molar-refractivity contribution in [2.45, 2.75) is 38.1 Å². The summed E-state index contributed by atoms with van der Waals surface area (Å²) < 4.78 is 0. The van der Waals surface area contributed by atoms with Crippen molar-refractivity contribution in [1.29, 1.82) is 0 Å². The molecular formula is C13H17NO. The molecule has 2 aliphatic rings. The van der Waals surface area contributed by atoms with Crippen LogP contribution in [0.5, 0.6) is 5.75 Å². The zero-order valence-electron chi connectivity index (χ0n) is 8.92. The molecule has 1 aliphatic heterocycles. The van der Waals surface area contributed by atoms with Gasteiger partial charge in [0.1, 0.15) is 5.75 Å². The number of benzene rings is 1. The summed E-state index contributed by atoms with van der Waals surface area (Å²) in [5.41, 5.74) is 3.93. The lowest BCUT2D eigenvalue weighted by molar-refractivity contribution is 0.456. The number of hydrogen-bond donors (Lipinski definition) is 2. The maximum atomic E-state index is 10.00. The van der Waals surface area contributed by atoms with Gasteiger partial charge in [0.2, 0.25) is 0 Å². The fourth-order valence-electron chi connectivity index (χ4n) is 2.86. The Bertz CT molecular complexity index is 380. The Morgan fingerprint density at radius 2 is 1.93 bits per heavy atom. The molecule has 1 fully saturated rings. The van der Waals surface area contributed by atoms with Crippen LogP contribution in [0.25, 0.3) is 0 Å². The summed E-state index contributed by atoms with van der Waals surface area (Å²) in [6.45, 7) is 1.08. The van der Waals surface area contributed by atoms with Crippen molar-refractivity contribution in [3.8, 4) is 5.75 Å². The predicted octanol–water partition coefficient (Wildman–Crippen LogP) is 2.31. The van der Waals surface area contributed by atoms with Crippen LogP contribution in [0.15, 0.2) is 12.1 Å². The maximum Gasteiger partial charge on any atom is 0.120 e. The monoisotopic (exact) mass is 203 g/mol. The zero-order valence-corrected chi connectivity index (χ0v) is 8.92. The fourth-order valence-corrected chi connectivity index (χ4v) is 2.86. The summed E-state index contributed by atoms with van der Waals surface area (Å²) >= 11 is 0. The highest BCUT2D eigenvalue weighted by atomic mass is 16.3. The van der Waals surface area contributed by atoms with Crippen LogP contribution in [0.1, 0.15) is 42.0 Å². The van der Waals surface area contributed by atoms with Gasteiger partial charge in [0.15, 0.2) is 0 Å². The van der Waals surface area contributed by atoms with E-state index in [-0.39, 0.29) is 0 Å². The van der Waals surface area contributed by atoms with Crippen molar-refractivity contribution in [3.63, 3.8) is 0 Å². The highest BCUT2D eigenvalue weighted by Gasteiger charge is 2.22. The zero-order chi connectivity index (χ0) is 10.3. The van der Waals surface area contributed by atoms with E-state index in [9.17, 15) is 5.11 Å². The third-order valence-electron chi connectivity index (χ3n) is 3.68. The van der Waals surface area contributed by atoms with Crippen LogP contribution in [-0.2, 0) is 12.8 Å². The standard InChI is InChI=1S/C13H17NO/c15-13-8-10-4-1-3-9(10)7-11(13)12-5-2-6-14-12/h7-8,12,14-15H,1-6H2. The largest absolute Gasteiger partial charge is 0.508 e. The number of rotatable bonds is 1. The summed E-state index contributed by atoms with van der Waals surface area (Å²) in [7, 11) is 0. The average Bonchev–Trinajstić information content (AvgIpc) is 2.85. The number of phenolic OH excluding ortho intramolecular Hbond substituents is 1. The molecule has 2 heteroatoms. The molecule has 0 radical (unpaired) electrons. The molecule has 1 unspecified atom stereocenters. The minimum absolute atomic E-state index is 0.385.